The molecule has 0 aliphatic carbocycles. The Labute approximate surface area is 143 Å². The molecule has 2 aliphatic rings. The summed E-state index contributed by atoms with van der Waals surface area (Å²) in [6.07, 6.45) is 5.90. The van der Waals surface area contributed by atoms with Gasteiger partial charge in [-0.05, 0) is 25.3 Å². The molecule has 136 valence electrons. The van der Waals surface area contributed by atoms with Gasteiger partial charge in [-0.3, -0.25) is 9.58 Å². The number of β-amino-alcohol motifs (C(OH)–C–C–N with tert-alkyl or cyclic N) is 1. The zero-order valence-corrected chi connectivity index (χ0v) is 14.5. The highest BCUT2D eigenvalue weighted by atomic mass is 16.5. The maximum atomic E-state index is 10.2. The van der Waals surface area contributed by atoms with Gasteiger partial charge in [-0.1, -0.05) is 0 Å². The number of morpholine rings is 1. The molecular formula is C17H29N3O4. The number of ether oxygens (including phenoxy) is 3. The molecule has 1 N–H and O–H groups in total. The molecule has 0 aromatic carbocycles. The average Bonchev–Trinajstić information content (AvgIpc) is 3.20. The van der Waals surface area contributed by atoms with Crippen LogP contribution < -0.4 is 0 Å². The molecule has 2 fully saturated rings. The van der Waals surface area contributed by atoms with Crippen molar-refractivity contribution >= 4 is 0 Å². The van der Waals surface area contributed by atoms with Crippen LogP contribution in [0.25, 0.3) is 0 Å². The summed E-state index contributed by atoms with van der Waals surface area (Å²) >= 11 is 0. The summed E-state index contributed by atoms with van der Waals surface area (Å²) in [4.78, 5) is 2.24. The summed E-state index contributed by atoms with van der Waals surface area (Å²) in [7, 11) is 0. The van der Waals surface area contributed by atoms with Crippen LogP contribution in [0.3, 0.4) is 0 Å². The van der Waals surface area contributed by atoms with Gasteiger partial charge in [0.1, 0.15) is 0 Å². The van der Waals surface area contributed by atoms with Gasteiger partial charge >= 0.3 is 0 Å². The third kappa shape index (κ3) is 5.53. The van der Waals surface area contributed by atoms with Gasteiger partial charge in [0.25, 0.3) is 0 Å². The van der Waals surface area contributed by atoms with E-state index in [1.54, 1.807) is 0 Å². The van der Waals surface area contributed by atoms with Crippen LogP contribution in [0.2, 0.25) is 0 Å². The number of nitrogens with zero attached hydrogens (tertiary/aromatic N) is 3. The van der Waals surface area contributed by atoms with Crippen molar-refractivity contribution in [3.8, 4) is 0 Å². The molecule has 0 saturated carbocycles. The molecule has 0 amide bonds. The fraction of sp³-hybridized carbons (Fsp3) is 0.824. The van der Waals surface area contributed by atoms with E-state index >= 15 is 0 Å². The van der Waals surface area contributed by atoms with Gasteiger partial charge in [0, 0.05) is 32.4 Å². The predicted octanol–water partition coefficient (Wildman–Crippen LogP) is 0.449. The van der Waals surface area contributed by atoms with Crippen LogP contribution in [-0.4, -0.2) is 84.2 Å². The number of hydrogen-bond donors (Lipinski definition) is 1. The largest absolute Gasteiger partial charge is 0.389 e. The zero-order valence-electron chi connectivity index (χ0n) is 14.5. The molecule has 0 bridgehead atoms. The Balaban J connectivity index is 1.34. The van der Waals surface area contributed by atoms with E-state index in [9.17, 15) is 5.11 Å². The maximum Gasteiger partial charge on any atom is 0.0900 e. The highest BCUT2D eigenvalue weighted by molar-refractivity contribution is 4.99. The Kier molecular flexibility index (Phi) is 6.62. The van der Waals surface area contributed by atoms with Gasteiger partial charge in [-0.2, -0.15) is 5.10 Å². The normalized spacial score (nSPS) is 26.8. The van der Waals surface area contributed by atoms with Gasteiger partial charge in [0.05, 0.1) is 50.9 Å². The highest BCUT2D eigenvalue weighted by Crippen LogP contribution is 2.12. The van der Waals surface area contributed by atoms with Gasteiger partial charge in [0.15, 0.2) is 0 Å². The molecule has 3 heterocycles. The SMILES string of the molecule is Cc1cnn(C[C@@H]2CN(C[C@H](O)COC[C@@H]3CCCO3)CCO2)c1. The number of aromatic nitrogens is 2. The van der Waals surface area contributed by atoms with Crippen molar-refractivity contribution in [2.45, 2.75) is 44.6 Å². The van der Waals surface area contributed by atoms with Crippen molar-refractivity contribution in [1.29, 1.82) is 0 Å². The lowest BCUT2D eigenvalue weighted by Gasteiger charge is -2.34. The standard InChI is InChI=1S/C17H29N3O4/c1-14-7-18-20(8-14)11-17-10-19(4-6-24-17)9-15(21)12-22-13-16-3-2-5-23-16/h7-8,15-17,21H,2-6,9-13H2,1H3/t15-,16-,17-/m0/s1. The second kappa shape index (κ2) is 8.92. The molecular weight excluding hydrogens is 310 g/mol. The van der Waals surface area contributed by atoms with E-state index in [-0.39, 0.29) is 12.2 Å². The summed E-state index contributed by atoms with van der Waals surface area (Å²) in [5.41, 5.74) is 1.15. The number of aryl methyl sites for hydroxylation is 1. The molecule has 0 spiro atoms. The molecule has 0 radical (unpaired) electrons. The molecule has 3 atom stereocenters. The summed E-state index contributed by atoms with van der Waals surface area (Å²) in [6.45, 7) is 7.51. The van der Waals surface area contributed by atoms with E-state index in [1.165, 1.54) is 0 Å². The molecule has 1 aromatic heterocycles. The number of aliphatic hydroxyl groups excluding tert-OH is 1. The van der Waals surface area contributed by atoms with Crippen LogP contribution in [0.15, 0.2) is 12.4 Å². The van der Waals surface area contributed by atoms with Crippen molar-refractivity contribution in [1.82, 2.24) is 14.7 Å². The molecule has 3 rings (SSSR count). The number of hydrogen-bond acceptors (Lipinski definition) is 6. The van der Waals surface area contributed by atoms with Crippen molar-refractivity contribution in [2.75, 3.05) is 46.1 Å². The second-order valence-electron chi connectivity index (χ2n) is 6.82. The Morgan fingerprint density at radius 2 is 2.25 bits per heavy atom. The first-order valence-electron chi connectivity index (χ1n) is 8.89. The summed E-state index contributed by atoms with van der Waals surface area (Å²) in [5, 5.41) is 14.5. The third-order valence-corrected chi connectivity index (χ3v) is 4.48. The van der Waals surface area contributed by atoms with Crippen molar-refractivity contribution < 1.29 is 19.3 Å². The van der Waals surface area contributed by atoms with E-state index in [4.69, 9.17) is 14.2 Å². The maximum absolute atomic E-state index is 10.2. The smallest absolute Gasteiger partial charge is 0.0900 e. The quantitative estimate of drug-likeness (QED) is 0.742. The topological polar surface area (TPSA) is 69.0 Å². The van der Waals surface area contributed by atoms with Crippen molar-refractivity contribution in [2.24, 2.45) is 0 Å². The highest BCUT2D eigenvalue weighted by Gasteiger charge is 2.23. The molecule has 2 aliphatic heterocycles. The minimum absolute atomic E-state index is 0.109. The fourth-order valence-electron chi connectivity index (χ4n) is 3.29. The molecule has 0 unspecified atom stereocenters. The predicted molar refractivity (Wildman–Crippen MR) is 88.9 cm³/mol. The van der Waals surface area contributed by atoms with Crippen LogP contribution in [0.5, 0.6) is 0 Å². The van der Waals surface area contributed by atoms with Crippen molar-refractivity contribution in [3.05, 3.63) is 18.0 Å². The van der Waals surface area contributed by atoms with E-state index < -0.39 is 6.10 Å². The first-order valence-corrected chi connectivity index (χ1v) is 8.89. The van der Waals surface area contributed by atoms with E-state index in [1.807, 2.05) is 24.0 Å². The van der Waals surface area contributed by atoms with Crippen molar-refractivity contribution in [3.63, 3.8) is 0 Å². The average molecular weight is 339 g/mol. The fourth-order valence-corrected chi connectivity index (χ4v) is 3.29. The first-order chi connectivity index (χ1) is 11.7. The van der Waals surface area contributed by atoms with E-state index in [0.717, 1.165) is 44.6 Å². The summed E-state index contributed by atoms with van der Waals surface area (Å²) in [6, 6.07) is 0. The molecule has 1 aromatic rings. The minimum Gasteiger partial charge on any atom is -0.389 e. The summed E-state index contributed by atoms with van der Waals surface area (Å²) < 4.78 is 18.9. The lowest BCUT2D eigenvalue weighted by atomic mass is 10.2. The van der Waals surface area contributed by atoms with E-state index in [0.29, 0.717) is 26.4 Å². The molecule has 7 nitrogen and oxygen atoms in total. The Morgan fingerprint density at radius 1 is 1.38 bits per heavy atom. The van der Waals surface area contributed by atoms with Crippen LogP contribution >= 0.6 is 0 Å². The van der Waals surface area contributed by atoms with E-state index in [2.05, 4.69) is 10.00 Å². The molecule has 2 saturated heterocycles. The van der Waals surface area contributed by atoms with Crippen LogP contribution in [-0.2, 0) is 20.8 Å². The Bertz CT molecular complexity index is 490. The van der Waals surface area contributed by atoms with Gasteiger partial charge in [-0.25, -0.2) is 0 Å². The van der Waals surface area contributed by atoms with Crippen LogP contribution in [0, 0.1) is 6.92 Å². The van der Waals surface area contributed by atoms with Crippen LogP contribution in [0.1, 0.15) is 18.4 Å². The summed E-state index contributed by atoms with van der Waals surface area (Å²) in [5.74, 6) is 0. The third-order valence-electron chi connectivity index (χ3n) is 4.48. The lowest BCUT2D eigenvalue weighted by Crippen LogP contribution is -2.47. The first kappa shape index (κ1) is 17.8. The van der Waals surface area contributed by atoms with Gasteiger partial charge in [0.2, 0.25) is 0 Å². The number of aliphatic hydroxyl groups is 1. The minimum atomic E-state index is -0.475. The lowest BCUT2D eigenvalue weighted by molar-refractivity contribution is -0.0630. The zero-order chi connectivity index (χ0) is 16.8. The Morgan fingerprint density at radius 3 is 3.00 bits per heavy atom. The number of rotatable bonds is 8. The van der Waals surface area contributed by atoms with Crippen LogP contribution in [0.4, 0.5) is 0 Å². The molecule has 7 heteroatoms. The molecule has 24 heavy (non-hydrogen) atoms. The van der Waals surface area contributed by atoms with Gasteiger partial charge in [-0.15, -0.1) is 0 Å². The van der Waals surface area contributed by atoms with Gasteiger partial charge < -0.3 is 19.3 Å². The second-order valence-corrected chi connectivity index (χ2v) is 6.82. The Hall–Kier alpha value is -0.990. The monoisotopic (exact) mass is 339 g/mol.